The molecule has 1 amide bonds. The van der Waals surface area contributed by atoms with E-state index >= 15 is 0 Å². The summed E-state index contributed by atoms with van der Waals surface area (Å²) >= 11 is 0. The first-order chi connectivity index (χ1) is 18.0. The monoisotopic (exact) mass is 487 g/mol. The first-order valence-corrected chi connectivity index (χ1v) is 11.8. The van der Waals surface area contributed by atoms with Gasteiger partial charge in [-0.05, 0) is 66.8 Å². The average molecular weight is 488 g/mol. The molecule has 2 aromatic carbocycles. The number of imidazole rings is 1. The van der Waals surface area contributed by atoms with Crippen LogP contribution in [0.3, 0.4) is 0 Å². The van der Waals surface area contributed by atoms with Crippen LogP contribution in [0.4, 0.5) is 5.82 Å². The molecule has 0 radical (unpaired) electrons. The van der Waals surface area contributed by atoms with Crippen LogP contribution in [0.15, 0.2) is 91.4 Å². The fourth-order valence-electron chi connectivity index (χ4n) is 4.41. The first kappa shape index (κ1) is 22.4. The zero-order chi connectivity index (χ0) is 25.5. The number of amides is 1. The fourth-order valence-corrected chi connectivity index (χ4v) is 4.41. The van der Waals surface area contributed by atoms with E-state index in [1.165, 1.54) is 17.3 Å². The zero-order valence-electron chi connectivity index (χ0n) is 20.3. The molecule has 37 heavy (non-hydrogen) atoms. The lowest BCUT2D eigenvalue weighted by molar-refractivity contribution is -0.904. The van der Waals surface area contributed by atoms with Crippen molar-refractivity contribution in [2.75, 3.05) is 5.32 Å². The predicted octanol–water partition coefficient (Wildman–Crippen LogP) is 5.01. The number of carbonyl (C=O) groups is 1. The molecule has 0 saturated heterocycles. The molecule has 180 valence electrons. The summed E-state index contributed by atoms with van der Waals surface area (Å²) in [5.74, 6) is -0.142. The van der Waals surface area contributed by atoms with Crippen LogP contribution in [0.1, 0.15) is 21.6 Å². The molecule has 8 heteroatoms. The summed E-state index contributed by atoms with van der Waals surface area (Å²) in [6.45, 7) is 4.15. The number of carbonyl (C=O) groups excluding carboxylic acids is 1. The van der Waals surface area contributed by atoms with E-state index in [1.54, 1.807) is 29.0 Å². The summed E-state index contributed by atoms with van der Waals surface area (Å²) in [5, 5.41) is 19.4. The van der Waals surface area contributed by atoms with Gasteiger partial charge >= 0.3 is 11.6 Å². The highest BCUT2D eigenvalue weighted by Gasteiger charge is 2.23. The van der Waals surface area contributed by atoms with E-state index in [0.29, 0.717) is 11.5 Å². The maximum atomic E-state index is 13.1. The zero-order valence-corrected chi connectivity index (χ0v) is 20.3. The van der Waals surface area contributed by atoms with E-state index in [0.717, 1.165) is 38.0 Å². The number of benzene rings is 2. The van der Waals surface area contributed by atoms with E-state index in [2.05, 4.69) is 47.4 Å². The minimum absolute atomic E-state index is 0.0955. The van der Waals surface area contributed by atoms with Crippen molar-refractivity contribution in [3.8, 4) is 22.5 Å². The third-order valence-electron chi connectivity index (χ3n) is 6.48. The molecule has 8 nitrogen and oxygen atoms in total. The highest BCUT2D eigenvalue weighted by atomic mass is 16.5. The predicted molar refractivity (Wildman–Crippen MR) is 140 cm³/mol. The molecule has 0 unspecified atom stereocenters. The Morgan fingerprint density at radius 2 is 1.73 bits per heavy atom. The molecular formula is C29H23N6O2+. The molecule has 6 aromatic rings. The fraction of sp³-hybridized carbons (Fsp3) is 0.0690. The van der Waals surface area contributed by atoms with E-state index in [1.807, 2.05) is 42.5 Å². The Morgan fingerprint density at radius 3 is 2.57 bits per heavy atom. The molecule has 0 aliphatic carbocycles. The smallest absolute Gasteiger partial charge is 0.301 e. The maximum absolute atomic E-state index is 13.1. The summed E-state index contributed by atoms with van der Waals surface area (Å²) in [6, 6.07) is 22.8. The number of rotatable bonds is 4. The van der Waals surface area contributed by atoms with E-state index in [9.17, 15) is 10.0 Å². The van der Waals surface area contributed by atoms with Gasteiger partial charge in [0.25, 0.3) is 0 Å². The van der Waals surface area contributed by atoms with Gasteiger partial charge in [0.15, 0.2) is 5.65 Å². The van der Waals surface area contributed by atoms with Crippen LogP contribution in [0, 0.1) is 13.8 Å². The molecule has 2 N–H and O–H groups in total. The van der Waals surface area contributed by atoms with Crippen molar-refractivity contribution in [1.29, 1.82) is 0 Å². The standard InChI is InChI=1S/C29H22N6O2/c1-18-9-10-21(14-19(18)2)27-28(35-26(33-27)8-5-12-31-35)22-11-13-30-25(16-22)32-29(36)24-15-20-6-3-4-7-23(20)17-34(24)37/h3-17H,1-2H3,(H-,30,32,36,37)/p+1. The molecule has 0 aliphatic rings. The van der Waals surface area contributed by atoms with Gasteiger partial charge in [-0.2, -0.15) is 5.10 Å². The maximum Gasteiger partial charge on any atom is 0.326 e. The topological polar surface area (TPSA) is 96.3 Å². The average Bonchev–Trinajstić information content (AvgIpc) is 3.29. The second-order valence-corrected chi connectivity index (χ2v) is 8.92. The van der Waals surface area contributed by atoms with Crippen molar-refractivity contribution in [3.63, 3.8) is 0 Å². The summed E-state index contributed by atoms with van der Waals surface area (Å²) in [6.07, 6.45) is 4.85. The molecule has 0 spiro atoms. The van der Waals surface area contributed by atoms with Gasteiger partial charge in [-0.15, -0.1) is 0 Å². The van der Waals surface area contributed by atoms with Crippen LogP contribution >= 0.6 is 0 Å². The Hall–Kier alpha value is -5.11. The van der Waals surface area contributed by atoms with Gasteiger partial charge in [0.1, 0.15) is 11.5 Å². The third kappa shape index (κ3) is 4.04. The lowest BCUT2D eigenvalue weighted by Gasteiger charge is -2.09. The Bertz CT molecular complexity index is 1830. The number of hydrogen-bond donors (Lipinski definition) is 2. The van der Waals surface area contributed by atoms with Gasteiger partial charge in [-0.3, -0.25) is 10.0 Å². The minimum Gasteiger partial charge on any atom is -0.301 e. The number of nitrogens with zero attached hydrogens (tertiary/aromatic N) is 5. The molecule has 4 heterocycles. The van der Waals surface area contributed by atoms with Crippen LogP contribution in [0.25, 0.3) is 38.9 Å². The molecule has 0 fully saturated rings. The lowest BCUT2D eigenvalue weighted by atomic mass is 10.0. The summed E-state index contributed by atoms with van der Waals surface area (Å²) in [7, 11) is 0. The third-order valence-corrected chi connectivity index (χ3v) is 6.48. The molecule has 6 rings (SSSR count). The van der Waals surface area contributed by atoms with Crippen molar-refractivity contribution in [1.82, 2.24) is 19.6 Å². The molecule has 0 bridgehead atoms. The molecule has 0 aliphatic heterocycles. The Morgan fingerprint density at radius 1 is 0.892 bits per heavy atom. The highest BCUT2D eigenvalue weighted by molar-refractivity contribution is 6.03. The van der Waals surface area contributed by atoms with Crippen molar-refractivity contribution < 1.29 is 14.7 Å². The van der Waals surface area contributed by atoms with Crippen LogP contribution < -0.4 is 10.0 Å². The summed E-state index contributed by atoms with van der Waals surface area (Å²) in [4.78, 5) is 22.3. The molecule has 0 saturated carbocycles. The molecular weight excluding hydrogens is 464 g/mol. The Labute approximate surface area is 212 Å². The SMILES string of the molecule is Cc1ccc(-c2nc3cccnn3c2-c2ccnc(NC(=O)c3cc4ccccc4c[n+]3O)c2)cc1C. The number of aryl methyl sites for hydroxylation is 2. The second kappa shape index (κ2) is 8.83. The number of anilines is 1. The van der Waals surface area contributed by atoms with Gasteiger partial charge in [-0.25, -0.2) is 14.5 Å². The summed E-state index contributed by atoms with van der Waals surface area (Å²) < 4.78 is 2.62. The largest absolute Gasteiger partial charge is 0.326 e. The van der Waals surface area contributed by atoms with Gasteiger partial charge in [0, 0.05) is 34.3 Å². The van der Waals surface area contributed by atoms with Gasteiger partial charge < -0.3 is 5.32 Å². The second-order valence-electron chi connectivity index (χ2n) is 8.92. The van der Waals surface area contributed by atoms with E-state index in [-0.39, 0.29) is 5.69 Å². The normalized spacial score (nSPS) is 11.2. The quantitative estimate of drug-likeness (QED) is 0.269. The van der Waals surface area contributed by atoms with Crippen molar-refractivity contribution >= 4 is 28.1 Å². The highest BCUT2D eigenvalue weighted by Crippen LogP contribution is 2.33. The number of pyridine rings is 2. The van der Waals surface area contributed by atoms with Crippen LogP contribution in [0.5, 0.6) is 0 Å². The minimum atomic E-state index is -0.483. The molecule has 0 atom stereocenters. The van der Waals surface area contributed by atoms with Crippen molar-refractivity contribution in [2.45, 2.75) is 13.8 Å². The van der Waals surface area contributed by atoms with Crippen LogP contribution in [-0.2, 0) is 0 Å². The Kier molecular flexibility index (Phi) is 5.34. The van der Waals surface area contributed by atoms with Crippen molar-refractivity contribution in [2.24, 2.45) is 0 Å². The van der Waals surface area contributed by atoms with Crippen molar-refractivity contribution in [3.05, 3.63) is 108 Å². The number of fused-ring (bicyclic) bond motifs is 2. The van der Waals surface area contributed by atoms with E-state index < -0.39 is 5.91 Å². The van der Waals surface area contributed by atoms with Crippen LogP contribution in [0.2, 0.25) is 0 Å². The van der Waals surface area contributed by atoms with Gasteiger partial charge in [0.2, 0.25) is 6.20 Å². The molecule has 4 aromatic heterocycles. The van der Waals surface area contributed by atoms with Gasteiger partial charge in [-0.1, -0.05) is 30.3 Å². The number of aromatic nitrogens is 5. The van der Waals surface area contributed by atoms with Gasteiger partial charge in [0.05, 0.1) is 11.1 Å². The van der Waals surface area contributed by atoms with Crippen LogP contribution in [-0.4, -0.2) is 30.7 Å². The first-order valence-electron chi connectivity index (χ1n) is 11.8. The number of hydrogen-bond acceptors (Lipinski definition) is 5. The summed E-state index contributed by atoms with van der Waals surface area (Å²) in [5.41, 5.74) is 6.53. The Balaban J connectivity index is 1.41. The van der Waals surface area contributed by atoms with E-state index in [4.69, 9.17) is 4.98 Å². The number of nitrogens with one attached hydrogen (secondary N) is 1. The lowest BCUT2D eigenvalue weighted by Crippen LogP contribution is -2.39.